The minimum atomic E-state index is -0.227. The number of nitrogens with zero attached hydrogens (tertiary/aromatic N) is 2. The Hall–Kier alpha value is -1.16. The molecule has 0 saturated carbocycles. The summed E-state index contributed by atoms with van der Waals surface area (Å²) in [5.41, 5.74) is 2.14. The first-order valence-corrected chi connectivity index (χ1v) is 7.45. The molecule has 0 bridgehead atoms. The van der Waals surface area contributed by atoms with E-state index in [4.69, 9.17) is 11.6 Å². The summed E-state index contributed by atoms with van der Waals surface area (Å²) in [6.45, 7) is 4.68. The summed E-state index contributed by atoms with van der Waals surface area (Å²) >= 11 is 6.22. The van der Waals surface area contributed by atoms with Crippen molar-refractivity contribution in [1.29, 1.82) is 0 Å². The second-order valence-corrected chi connectivity index (χ2v) is 6.08. The molecule has 3 nitrogen and oxygen atoms in total. The number of hydrogen-bond donors (Lipinski definition) is 1. The van der Waals surface area contributed by atoms with Crippen LogP contribution in [0.25, 0.3) is 10.9 Å². The number of aliphatic hydroxyl groups is 1. The Bertz CT molecular complexity index is 616. The van der Waals surface area contributed by atoms with Crippen LogP contribution in [0.1, 0.15) is 18.9 Å². The normalized spacial score (nSPS) is 24.1. The van der Waals surface area contributed by atoms with Crippen LogP contribution >= 0.6 is 11.6 Å². The van der Waals surface area contributed by atoms with Crippen molar-refractivity contribution in [3.05, 3.63) is 41.0 Å². The number of fused-ring (bicyclic) bond motifs is 1. The molecule has 1 aliphatic rings. The zero-order valence-corrected chi connectivity index (χ0v) is 12.3. The molecule has 0 amide bonds. The Labute approximate surface area is 124 Å². The standard InChI is InChI=1S/C16H19ClN2O/c1-11-6-8-19(10-15(11)20)9-12-4-5-14(17)13-3-2-7-18-16(12)13/h2-5,7,11,15,20H,6,8-10H2,1H3. The zero-order chi connectivity index (χ0) is 14.1. The molecule has 3 rings (SSSR count). The number of likely N-dealkylation sites (tertiary alicyclic amines) is 1. The Morgan fingerprint density at radius 1 is 1.40 bits per heavy atom. The summed E-state index contributed by atoms with van der Waals surface area (Å²) in [6, 6.07) is 7.89. The van der Waals surface area contributed by atoms with Crippen molar-refractivity contribution in [3.8, 4) is 0 Å². The minimum Gasteiger partial charge on any atom is -0.392 e. The molecular formula is C16H19ClN2O. The van der Waals surface area contributed by atoms with Crippen molar-refractivity contribution < 1.29 is 5.11 Å². The summed E-state index contributed by atoms with van der Waals surface area (Å²) < 4.78 is 0. The molecule has 1 N–H and O–H groups in total. The number of aromatic nitrogens is 1. The van der Waals surface area contributed by atoms with E-state index in [1.807, 2.05) is 24.3 Å². The van der Waals surface area contributed by atoms with E-state index in [0.29, 0.717) is 5.92 Å². The van der Waals surface area contributed by atoms with Crippen LogP contribution in [0.2, 0.25) is 5.02 Å². The summed E-state index contributed by atoms with van der Waals surface area (Å²) in [7, 11) is 0. The topological polar surface area (TPSA) is 36.4 Å². The van der Waals surface area contributed by atoms with E-state index >= 15 is 0 Å². The van der Waals surface area contributed by atoms with Gasteiger partial charge in [0, 0.05) is 29.7 Å². The van der Waals surface area contributed by atoms with Crippen LogP contribution in [0.5, 0.6) is 0 Å². The highest BCUT2D eigenvalue weighted by Gasteiger charge is 2.24. The lowest BCUT2D eigenvalue weighted by Crippen LogP contribution is -2.42. The van der Waals surface area contributed by atoms with Crippen LogP contribution < -0.4 is 0 Å². The molecule has 1 aromatic carbocycles. The molecule has 4 heteroatoms. The summed E-state index contributed by atoms with van der Waals surface area (Å²) in [6.07, 6.45) is 2.62. The fourth-order valence-electron chi connectivity index (χ4n) is 2.82. The van der Waals surface area contributed by atoms with E-state index in [1.54, 1.807) is 6.20 Å². The predicted molar refractivity (Wildman–Crippen MR) is 81.8 cm³/mol. The predicted octanol–water partition coefficient (Wildman–Crippen LogP) is 3.09. The Morgan fingerprint density at radius 2 is 2.25 bits per heavy atom. The quantitative estimate of drug-likeness (QED) is 0.923. The monoisotopic (exact) mass is 290 g/mol. The van der Waals surface area contributed by atoms with Crippen molar-refractivity contribution in [2.45, 2.75) is 26.0 Å². The van der Waals surface area contributed by atoms with Gasteiger partial charge in [-0.05, 0) is 42.6 Å². The van der Waals surface area contributed by atoms with Crippen molar-refractivity contribution in [3.63, 3.8) is 0 Å². The number of benzene rings is 1. The first-order chi connectivity index (χ1) is 9.65. The van der Waals surface area contributed by atoms with E-state index in [2.05, 4.69) is 16.8 Å². The maximum Gasteiger partial charge on any atom is 0.0761 e. The van der Waals surface area contributed by atoms with Crippen molar-refractivity contribution in [2.75, 3.05) is 13.1 Å². The first-order valence-electron chi connectivity index (χ1n) is 7.07. The lowest BCUT2D eigenvalue weighted by molar-refractivity contribution is 0.0260. The maximum atomic E-state index is 10.0. The third-order valence-corrected chi connectivity index (χ3v) is 4.53. The van der Waals surface area contributed by atoms with E-state index in [9.17, 15) is 5.11 Å². The molecule has 0 aliphatic carbocycles. The van der Waals surface area contributed by atoms with E-state index in [1.165, 1.54) is 5.56 Å². The Kier molecular flexibility index (Phi) is 3.92. The van der Waals surface area contributed by atoms with Crippen LogP contribution in [0.4, 0.5) is 0 Å². The van der Waals surface area contributed by atoms with Gasteiger partial charge < -0.3 is 5.11 Å². The molecule has 20 heavy (non-hydrogen) atoms. The molecule has 1 fully saturated rings. The number of halogens is 1. The van der Waals surface area contributed by atoms with Crippen LogP contribution in [0, 0.1) is 5.92 Å². The number of β-amino-alcohol motifs (C(OH)–C–C–N with tert-alkyl or cyclic N) is 1. The van der Waals surface area contributed by atoms with E-state index in [0.717, 1.165) is 42.0 Å². The van der Waals surface area contributed by atoms with Crippen molar-refractivity contribution >= 4 is 22.5 Å². The lowest BCUT2D eigenvalue weighted by atomic mass is 9.95. The molecule has 2 unspecified atom stereocenters. The van der Waals surface area contributed by atoms with Gasteiger partial charge in [0.05, 0.1) is 11.6 Å². The third kappa shape index (κ3) is 2.66. The van der Waals surface area contributed by atoms with Gasteiger partial charge in [0.1, 0.15) is 0 Å². The van der Waals surface area contributed by atoms with E-state index < -0.39 is 0 Å². The van der Waals surface area contributed by atoms with Gasteiger partial charge >= 0.3 is 0 Å². The summed E-state index contributed by atoms with van der Waals surface area (Å²) in [4.78, 5) is 6.76. The van der Waals surface area contributed by atoms with Crippen molar-refractivity contribution in [1.82, 2.24) is 9.88 Å². The van der Waals surface area contributed by atoms with Crippen molar-refractivity contribution in [2.24, 2.45) is 5.92 Å². The summed E-state index contributed by atoms with van der Waals surface area (Å²) in [5.74, 6) is 0.395. The molecule has 0 radical (unpaired) electrons. The van der Waals surface area contributed by atoms with Crippen LogP contribution in [-0.2, 0) is 6.54 Å². The second-order valence-electron chi connectivity index (χ2n) is 5.67. The average molecular weight is 291 g/mol. The van der Waals surface area contributed by atoms with Gasteiger partial charge in [-0.3, -0.25) is 9.88 Å². The number of pyridine rings is 1. The fourth-order valence-corrected chi connectivity index (χ4v) is 3.04. The third-order valence-electron chi connectivity index (χ3n) is 4.20. The summed E-state index contributed by atoms with van der Waals surface area (Å²) in [5, 5.41) is 11.7. The molecule has 2 aromatic rings. The molecule has 1 aromatic heterocycles. The largest absolute Gasteiger partial charge is 0.392 e. The molecule has 2 heterocycles. The fraction of sp³-hybridized carbons (Fsp3) is 0.438. The zero-order valence-electron chi connectivity index (χ0n) is 11.6. The highest BCUT2D eigenvalue weighted by molar-refractivity contribution is 6.35. The molecular weight excluding hydrogens is 272 g/mol. The number of rotatable bonds is 2. The average Bonchev–Trinajstić information content (AvgIpc) is 2.46. The minimum absolute atomic E-state index is 0.227. The lowest BCUT2D eigenvalue weighted by Gasteiger charge is -2.34. The number of hydrogen-bond acceptors (Lipinski definition) is 3. The van der Waals surface area contributed by atoms with Gasteiger partial charge in [-0.25, -0.2) is 0 Å². The second kappa shape index (κ2) is 5.68. The molecule has 2 atom stereocenters. The van der Waals surface area contributed by atoms with E-state index in [-0.39, 0.29) is 6.10 Å². The van der Waals surface area contributed by atoms with Gasteiger partial charge in [0.15, 0.2) is 0 Å². The van der Waals surface area contributed by atoms with Crippen LogP contribution in [-0.4, -0.2) is 34.2 Å². The highest BCUT2D eigenvalue weighted by atomic mass is 35.5. The number of piperidine rings is 1. The van der Waals surface area contributed by atoms with Gasteiger partial charge in [-0.15, -0.1) is 0 Å². The number of aliphatic hydroxyl groups excluding tert-OH is 1. The van der Waals surface area contributed by atoms with Crippen LogP contribution in [0.3, 0.4) is 0 Å². The first kappa shape index (κ1) is 13.8. The molecule has 0 spiro atoms. The van der Waals surface area contributed by atoms with Crippen LogP contribution in [0.15, 0.2) is 30.5 Å². The van der Waals surface area contributed by atoms with Gasteiger partial charge in [0.25, 0.3) is 0 Å². The molecule has 106 valence electrons. The maximum absolute atomic E-state index is 10.0. The Morgan fingerprint density at radius 3 is 3.05 bits per heavy atom. The van der Waals surface area contributed by atoms with Gasteiger partial charge in [-0.2, -0.15) is 0 Å². The van der Waals surface area contributed by atoms with Gasteiger partial charge in [0.2, 0.25) is 0 Å². The smallest absolute Gasteiger partial charge is 0.0761 e. The molecule has 1 saturated heterocycles. The highest BCUT2D eigenvalue weighted by Crippen LogP contribution is 2.27. The molecule has 1 aliphatic heterocycles. The van der Waals surface area contributed by atoms with Gasteiger partial charge in [-0.1, -0.05) is 24.6 Å². The SMILES string of the molecule is CC1CCN(Cc2ccc(Cl)c3cccnc23)CC1O. The Balaban J connectivity index is 1.86.